The molecule has 0 aromatic heterocycles. The third-order valence-corrected chi connectivity index (χ3v) is 2.63. The molecule has 104 valence electrons. The van der Waals surface area contributed by atoms with Crippen LogP contribution in [0, 0.1) is 0 Å². The van der Waals surface area contributed by atoms with Crippen molar-refractivity contribution in [3.8, 4) is 0 Å². The Bertz CT molecular complexity index is 442. The van der Waals surface area contributed by atoms with Gasteiger partial charge in [-0.1, -0.05) is 0 Å². The lowest BCUT2D eigenvalue weighted by Gasteiger charge is -2.24. The van der Waals surface area contributed by atoms with Crippen molar-refractivity contribution in [1.82, 2.24) is 4.90 Å². The SMILES string of the molecule is CC(C)N(CC(N)=O)CC(=O)Nc1ccc(N)cc1. The highest BCUT2D eigenvalue weighted by atomic mass is 16.2. The number of rotatable bonds is 6. The minimum absolute atomic E-state index is 0.0599. The first-order valence-corrected chi connectivity index (χ1v) is 6.06. The van der Waals surface area contributed by atoms with Gasteiger partial charge in [0.05, 0.1) is 13.1 Å². The molecule has 0 atom stereocenters. The Morgan fingerprint density at radius 3 is 2.26 bits per heavy atom. The number of hydrogen-bond donors (Lipinski definition) is 3. The van der Waals surface area contributed by atoms with Gasteiger partial charge in [-0.3, -0.25) is 14.5 Å². The van der Waals surface area contributed by atoms with Crippen LogP contribution in [0.25, 0.3) is 0 Å². The maximum atomic E-state index is 11.9. The molecule has 5 N–H and O–H groups in total. The van der Waals surface area contributed by atoms with E-state index in [9.17, 15) is 9.59 Å². The summed E-state index contributed by atoms with van der Waals surface area (Å²) >= 11 is 0. The third-order valence-electron chi connectivity index (χ3n) is 2.63. The van der Waals surface area contributed by atoms with Gasteiger partial charge in [0.2, 0.25) is 11.8 Å². The van der Waals surface area contributed by atoms with Crippen molar-refractivity contribution in [3.63, 3.8) is 0 Å². The maximum absolute atomic E-state index is 11.9. The second-order valence-electron chi connectivity index (χ2n) is 4.64. The van der Waals surface area contributed by atoms with E-state index >= 15 is 0 Å². The minimum Gasteiger partial charge on any atom is -0.399 e. The van der Waals surface area contributed by atoms with E-state index in [1.807, 2.05) is 13.8 Å². The molecule has 1 aromatic carbocycles. The Kier molecular flexibility index (Phi) is 5.32. The summed E-state index contributed by atoms with van der Waals surface area (Å²) < 4.78 is 0. The molecule has 0 aliphatic rings. The Balaban J connectivity index is 2.57. The molecular formula is C13H20N4O2. The van der Waals surface area contributed by atoms with Gasteiger partial charge in [0, 0.05) is 17.4 Å². The van der Waals surface area contributed by atoms with Gasteiger partial charge in [0.25, 0.3) is 0 Å². The molecule has 2 amide bonds. The second-order valence-corrected chi connectivity index (χ2v) is 4.64. The molecule has 0 radical (unpaired) electrons. The monoisotopic (exact) mass is 264 g/mol. The normalized spacial score (nSPS) is 10.7. The minimum atomic E-state index is -0.450. The maximum Gasteiger partial charge on any atom is 0.238 e. The lowest BCUT2D eigenvalue weighted by atomic mass is 10.2. The van der Waals surface area contributed by atoms with Crippen LogP contribution in [0.15, 0.2) is 24.3 Å². The first-order chi connectivity index (χ1) is 8.88. The molecule has 6 heteroatoms. The topological polar surface area (TPSA) is 101 Å². The van der Waals surface area contributed by atoms with Crippen molar-refractivity contribution in [3.05, 3.63) is 24.3 Å². The smallest absolute Gasteiger partial charge is 0.238 e. The Labute approximate surface area is 112 Å². The molecule has 0 saturated heterocycles. The molecule has 0 saturated carbocycles. The van der Waals surface area contributed by atoms with Gasteiger partial charge in [-0.15, -0.1) is 0 Å². The summed E-state index contributed by atoms with van der Waals surface area (Å²) in [7, 11) is 0. The van der Waals surface area contributed by atoms with Crippen LogP contribution in [0.1, 0.15) is 13.8 Å². The van der Waals surface area contributed by atoms with Crippen LogP contribution in [0.4, 0.5) is 11.4 Å². The average molecular weight is 264 g/mol. The number of carbonyl (C=O) groups excluding carboxylic acids is 2. The van der Waals surface area contributed by atoms with Crippen LogP contribution in [0.3, 0.4) is 0 Å². The zero-order valence-electron chi connectivity index (χ0n) is 11.2. The fraction of sp³-hybridized carbons (Fsp3) is 0.385. The zero-order valence-corrected chi connectivity index (χ0v) is 11.2. The lowest BCUT2D eigenvalue weighted by Crippen LogP contribution is -2.43. The molecule has 19 heavy (non-hydrogen) atoms. The van der Waals surface area contributed by atoms with Crippen molar-refractivity contribution >= 4 is 23.2 Å². The lowest BCUT2D eigenvalue weighted by molar-refractivity contribution is -0.121. The summed E-state index contributed by atoms with van der Waals surface area (Å²) in [6.07, 6.45) is 0. The van der Waals surface area contributed by atoms with E-state index in [1.54, 1.807) is 29.2 Å². The van der Waals surface area contributed by atoms with Crippen molar-refractivity contribution < 1.29 is 9.59 Å². The number of hydrogen-bond acceptors (Lipinski definition) is 4. The van der Waals surface area contributed by atoms with E-state index in [-0.39, 0.29) is 25.0 Å². The first-order valence-electron chi connectivity index (χ1n) is 6.06. The van der Waals surface area contributed by atoms with Gasteiger partial charge in [-0.25, -0.2) is 0 Å². The van der Waals surface area contributed by atoms with E-state index < -0.39 is 5.91 Å². The number of primary amides is 1. The first kappa shape index (κ1) is 15.0. The molecule has 6 nitrogen and oxygen atoms in total. The number of nitrogens with one attached hydrogen (secondary N) is 1. The molecule has 0 bridgehead atoms. The van der Waals surface area contributed by atoms with E-state index in [0.717, 1.165) is 0 Å². The van der Waals surface area contributed by atoms with Crippen molar-refractivity contribution in [2.45, 2.75) is 19.9 Å². The number of nitrogens with two attached hydrogens (primary N) is 2. The number of amides is 2. The fourth-order valence-electron chi connectivity index (χ4n) is 1.57. The third kappa shape index (κ3) is 5.39. The number of benzene rings is 1. The summed E-state index contributed by atoms with van der Waals surface area (Å²) in [6.45, 7) is 3.98. The van der Waals surface area contributed by atoms with Crippen molar-refractivity contribution in [2.24, 2.45) is 5.73 Å². The zero-order chi connectivity index (χ0) is 14.4. The average Bonchev–Trinajstić information content (AvgIpc) is 2.30. The van der Waals surface area contributed by atoms with E-state index in [0.29, 0.717) is 11.4 Å². The summed E-state index contributed by atoms with van der Waals surface area (Å²) in [5.41, 5.74) is 12.0. The largest absolute Gasteiger partial charge is 0.399 e. The fourth-order valence-corrected chi connectivity index (χ4v) is 1.57. The van der Waals surface area contributed by atoms with Crippen LogP contribution < -0.4 is 16.8 Å². The van der Waals surface area contributed by atoms with Gasteiger partial charge in [-0.05, 0) is 38.1 Å². The highest BCUT2D eigenvalue weighted by Gasteiger charge is 2.16. The summed E-state index contributed by atoms with van der Waals surface area (Å²) in [6, 6.07) is 6.92. The number of anilines is 2. The van der Waals surface area contributed by atoms with Gasteiger partial charge in [-0.2, -0.15) is 0 Å². The molecule has 0 fully saturated rings. The molecule has 0 heterocycles. The Hall–Kier alpha value is -2.08. The van der Waals surface area contributed by atoms with Crippen LogP contribution in [0.5, 0.6) is 0 Å². The number of nitrogen functional groups attached to an aromatic ring is 1. The molecule has 0 unspecified atom stereocenters. The van der Waals surface area contributed by atoms with Crippen molar-refractivity contribution in [2.75, 3.05) is 24.1 Å². The highest BCUT2D eigenvalue weighted by Crippen LogP contribution is 2.10. The standard InChI is InChI=1S/C13H20N4O2/c1-9(2)17(7-12(15)18)8-13(19)16-11-5-3-10(14)4-6-11/h3-6,9H,7-8,14H2,1-2H3,(H2,15,18)(H,16,19). The predicted octanol–water partition coefficient (Wildman–Crippen LogP) is 0.403. The van der Waals surface area contributed by atoms with Crippen molar-refractivity contribution in [1.29, 1.82) is 0 Å². The molecular weight excluding hydrogens is 244 g/mol. The second kappa shape index (κ2) is 6.75. The summed E-state index contributed by atoms with van der Waals surface area (Å²) in [4.78, 5) is 24.5. The number of carbonyl (C=O) groups is 2. The molecule has 0 aliphatic carbocycles. The Morgan fingerprint density at radius 1 is 1.21 bits per heavy atom. The van der Waals surface area contributed by atoms with E-state index in [1.165, 1.54) is 0 Å². The van der Waals surface area contributed by atoms with Gasteiger partial charge in [0.15, 0.2) is 0 Å². The Morgan fingerprint density at radius 2 is 1.79 bits per heavy atom. The van der Waals surface area contributed by atoms with E-state index in [2.05, 4.69) is 5.32 Å². The molecule has 0 aliphatic heterocycles. The van der Waals surface area contributed by atoms with Crippen LogP contribution in [-0.2, 0) is 9.59 Å². The highest BCUT2D eigenvalue weighted by molar-refractivity contribution is 5.92. The van der Waals surface area contributed by atoms with Crippen LogP contribution in [0.2, 0.25) is 0 Å². The van der Waals surface area contributed by atoms with Gasteiger partial charge in [0.1, 0.15) is 0 Å². The van der Waals surface area contributed by atoms with Gasteiger partial charge >= 0.3 is 0 Å². The van der Waals surface area contributed by atoms with E-state index in [4.69, 9.17) is 11.5 Å². The predicted molar refractivity (Wildman–Crippen MR) is 75.4 cm³/mol. The molecule has 1 rings (SSSR count). The van der Waals surface area contributed by atoms with Gasteiger partial charge < -0.3 is 16.8 Å². The quantitative estimate of drug-likeness (QED) is 0.647. The summed E-state index contributed by atoms with van der Waals surface area (Å²) in [5.74, 6) is -0.645. The molecule has 0 spiro atoms. The summed E-state index contributed by atoms with van der Waals surface area (Å²) in [5, 5.41) is 2.74. The number of nitrogens with zero attached hydrogens (tertiary/aromatic N) is 1. The molecule has 1 aromatic rings. The van der Waals surface area contributed by atoms with Crippen LogP contribution in [-0.4, -0.2) is 35.8 Å². The van der Waals surface area contributed by atoms with Crippen LogP contribution >= 0.6 is 0 Å².